The van der Waals surface area contributed by atoms with Crippen molar-refractivity contribution in [3.63, 3.8) is 0 Å². The predicted octanol–water partition coefficient (Wildman–Crippen LogP) is 6.47. The highest BCUT2D eigenvalue weighted by Gasteiger charge is 2.47. The van der Waals surface area contributed by atoms with Gasteiger partial charge in [0, 0.05) is 19.0 Å². The number of carbonyl (C=O) groups is 2. The minimum absolute atomic E-state index is 0.0248. The van der Waals surface area contributed by atoms with Crippen molar-refractivity contribution in [3.8, 4) is 16.3 Å². The molecule has 46 heavy (non-hydrogen) atoms. The molecule has 0 spiro atoms. The van der Waals surface area contributed by atoms with Crippen molar-refractivity contribution < 1.29 is 28.4 Å². The van der Waals surface area contributed by atoms with Gasteiger partial charge in [0.25, 0.3) is 5.88 Å². The number of rotatable bonds is 12. The molecule has 0 saturated carbocycles. The van der Waals surface area contributed by atoms with Crippen molar-refractivity contribution in [2.24, 2.45) is 5.92 Å². The number of benzene rings is 1. The molecule has 0 radical (unpaired) electrons. The third-order valence-corrected chi connectivity index (χ3v) is 14.7. The number of nitrogens with zero attached hydrogens (tertiary/aromatic N) is 3. The van der Waals surface area contributed by atoms with Gasteiger partial charge in [0.05, 0.1) is 34.8 Å². The van der Waals surface area contributed by atoms with E-state index in [2.05, 4.69) is 61.5 Å². The Morgan fingerprint density at radius 1 is 1.17 bits per heavy atom. The minimum atomic E-state index is -2.18. The average molecular weight is 671 g/mol. The van der Waals surface area contributed by atoms with E-state index in [4.69, 9.17) is 13.7 Å². The van der Waals surface area contributed by atoms with E-state index in [9.17, 15) is 14.7 Å². The molecular weight excluding hydrogens is 621 g/mol. The monoisotopic (exact) mass is 670 g/mol. The highest BCUT2D eigenvalue weighted by Crippen LogP contribution is 2.40. The molecule has 1 aliphatic rings. The van der Waals surface area contributed by atoms with E-state index in [-0.39, 0.29) is 47.4 Å². The van der Waals surface area contributed by atoms with Crippen molar-refractivity contribution in [1.29, 1.82) is 0 Å². The third kappa shape index (κ3) is 8.07. The summed E-state index contributed by atoms with van der Waals surface area (Å²) < 4.78 is 18.0. The highest BCUT2D eigenvalue weighted by atomic mass is 32.1. The quantitative estimate of drug-likeness (QED) is 0.210. The van der Waals surface area contributed by atoms with Gasteiger partial charge in [0.15, 0.2) is 14.1 Å². The number of thiazole rings is 1. The summed E-state index contributed by atoms with van der Waals surface area (Å²) in [5.74, 6) is -0.701. The van der Waals surface area contributed by atoms with Gasteiger partial charge in [-0.25, -0.2) is 4.98 Å². The van der Waals surface area contributed by atoms with Crippen LogP contribution in [-0.2, 0) is 14.0 Å². The summed E-state index contributed by atoms with van der Waals surface area (Å²) in [5, 5.41) is 16.5. The van der Waals surface area contributed by atoms with Crippen LogP contribution in [0, 0.1) is 12.8 Å². The van der Waals surface area contributed by atoms with Gasteiger partial charge in [0.1, 0.15) is 18.1 Å². The average Bonchev–Trinajstić information content (AvgIpc) is 3.72. The standard InChI is InChI=1S/C34H50N4O6SSi/c1-20(2)30(28-16-29(37-43-28)42-21(3)18-39)33(41)38-17-26(44-46(9,10)34(6,7)8)15-27(38)32(40)36-22(4)24-11-13-25(14-12-24)31-23(5)35-19-45-31/h11-14,16,19-22,26-27,30,39H,15,17-18H2,1-10H3,(H,36,40)/t21?,22-,26+,27-,30?/m0/s1. The van der Waals surface area contributed by atoms with Gasteiger partial charge in [-0.1, -0.05) is 58.9 Å². The second-order valence-corrected chi connectivity index (χ2v) is 19.9. The van der Waals surface area contributed by atoms with Crippen LogP contribution in [0.5, 0.6) is 5.88 Å². The van der Waals surface area contributed by atoms with E-state index in [0.29, 0.717) is 18.7 Å². The Bertz CT molecular complexity index is 1480. The summed E-state index contributed by atoms with van der Waals surface area (Å²) in [6.45, 7) is 20.6. The molecule has 0 bridgehead atoms. The fourth-order valence-electron chi connectivity index (χ4n) is 5.50. The summed E-state index contributed by atoms with van der Waals surface area (Å²) in [4.78, 5) is 35.5. The van der Waals surface area contributed by atoms with Crippen molar-refractivity contribution in [2.75, 3.05) is 13.2 Å². The Kier molecular flexibility index (Phi) is 11.2. The number of nitrogens with one attached hydrogen (secondary N) is 1. The van der Waals surface area contributed by atoms with Crippen LogP contribution in [0.25, 0.3) is 10.4 Å². The molecule has 2 aromatic heterocycles. The van der Waals surface area contributed by atoms with Crippen LogP contribution < -0.4 is 10.1 Å². The molecule has 2 amide bonds. The number of aliphatic hydroxyl groups is 1. The minimum Gasteiger partial charge on any atom is -0.470 e. The lowest BCUT2D eigenvalue weighted by Gasteiger charge is -2.38. The molecule has 2 N–H and O–H groups in total. The first kappa shape index (κ1) is 35.8. The third-order valence-electron chi connectivity index (χ3n) is 9.22. The Labute approximate surface area is 278 Å². The zero-order valence-electron chi connectivity index (χ0n) is 28.8. The number of aliphatic hydroxyl groups excluding tert-OH is 1. The van der Waals surface area contributed by atoms with E-state index < -0.39 is 26.4 Å². The highest BCUT2D eigenvalue weighted by molar-refractivity contribution is 7.13. The van der Waals surface area contributed by atoms with E-state index in [0.717, 1.165) is 21.7 Å². The largest absolute Gasteiger partial charge is 0.470 e. The first-order valence-electron chi connectivity index (χ1n) is 16.1. The number of amides is 2. The Hall–Kier alpha value is -3.06. The van der Waals surface area contributed by atoms with Crippen LogP contribution >= 0.6 is 11.3 Å². The van der Waals surface area contributed by atoms with Crippen molar-refractivity contribution in [1.82, 2.24) is 20.4 Å². The summed E-state index contributed by atoms with van der Waals surface area (Å²) in [6, 6.07) is 8.77. The van der Waals surface area contributed by atoms with Gasteiger partial charge in [-0.05, 0) is 61.1 Å². The van der Waals surface area contributed by atoms with Gasteiger partial charge in [0.2, 0.25) is 11.8 Å². The number of hydrogen-bond donors (Lipinski definition) is 2. The molecule has 1 saturated heterocycles. The van der Waals surface area contributed by atoms with E-state index >= 15 is 0 Å². The normalized spacial score (nSPS) is 19.3. The molecular formula is C34H50N4O6SSi. The van der Waals surface area contributed by atoms with E-state index in [1.807, 2.05) is 45.3 Å². The van der Waals surface area contributed by atoms with Crippen molar-refractivity contribution in [2.45, 2.75) is 110 Å². The van der Waals surface area contributed by atoms with Crippen molar-refractivity contribution >= 4 is 31.5 Å². The maximum absolute atomic E-state index is 14.4. The number of aromatic nitrogens is 2. The predicted molar refractivity (Wildman–Crippen MR) is 182 cm³/mol. The van der Waals surface area contributed by atoms with Crippen LogP contribution in [0.4, 0.5) is 0 Å². The number of ether oxygens (including phenoxy) is 1. The fraction of sp³-hybridized carbons (Fsp3) is 0.588. The molecule has 252 valence electrons. The van der Waals surface area contributed by atoms with Gasteiger partial charge in [-0.15, -0.1) is 11.3 Å². The summed E-state index contributed by atoms with van der Waals surface area (Å²) in [5.41, 5.74) is 4.89. The lowest BCUT2D eigenvalue weighted by Crippen LogP contribution is -2.48. The van der Waals surface area contributed by atoms with Gasteiger partial charge in [-0.3, -0.25) is 9.59 Å². The van der Waals surface area contributed by atoms with Gasteiger partial charge < -0.3 is 29.0 Å². The number of likely N-dealkylation sites (tertiary alicyclic amines) is 1. The zero-order chi connectivity index (χ0) is 34.0. The SMILES string of the molecule is Cc1ncsc1-c1ccc([C@H](C)NC(=O)[C@@H]2C[C@@H](O[Si](C)(C)C(C)(C)C)CN2C(=O)C(c2cc(OC(C)CO)no2)C(C)C)cc1. The first-order valence-corrected chi connectivity index (χ1v) is 19.8. The smallest absolute Gasteiger partial charge is 0.254 e. The number of carbonyl (C=O) groups excluding carboxylic acids is 2. The topological polar surface area (TPSA) is 127 Å². The van der Waals surface area contributed by atoms with Crippen LogP contribution in [-0.4, -0.2) is 71.7 Å². The van der Waals surface area contributed by atoms with Gasteiger partial charge >= 0.3 is 0 Å². The number of hydrogen-bond acceptors (Lipinski definition) is 9. The number of aryl methyl sites for hydroxylation is 1. The molecule has 1 fully saturated rings. The molecule has 0 aliphatic carbocycles. The lowest BCUT2D eigenvalue weighted by molar-refractivity contribution is -0.141. The molecule has 1 aliphatic heterocycles. The maximum Gasteiger partial charge on any atom is 0.254 e. The lowest BCUT2D eigenvalue weighted by atomic mass is 9.91. The maximum atomic E-state index is 14.4. The molecule has 3 heterocycles. The summed E-state index contributed by atoms with van der Waals surface area (Å²) >= 11 is 1.60. The van der Waals surface area contributed by atoms with E-state index in [1.54, 1.807) is 29.2 Å². The summed E-state index contributed by atoms with van der Waals surface area (Å²) in [7, 11) is -2.18. The fourth-order valence-corrected chi connectivity index (χ4v) is 7.66. The molecule has 10 nitrogen and oxygen atoms in total. The van der Waals surface area contributed by atoms with Crippen molar-refractivity contribution in [3.05, 3.63) is 52.9 Å². The molecule has 12 heteroatoms. The Balaban J connectivity index is 1.57. The van der Waals surface area contributed by atoms with Crippen LogP contribution in [0.3, 0.4) is 0 Å². The zero-order valence-corrected chi connectivity index (χ0v) is 30.6. The van der Waals surface area contributed by atoms with Crippen LogP contribution in [0.1, 0.15) is 83.9 Å². The van der Waals surface area contributed by atoms with Gasteiger partial charge in [-0.2, -0.15) is 0 Å². The second kappa shape index (κ2) is 14.4. The van der Waals surface area contributed by atoms with E-state index in [1.165, 1.54) is 0 Å². The molecule has 1 aromatic carbocycles. The second-order valence-electron chi connectivity index (χ2n) is 14.3. The van der Waals surface area contributed by atoms with Crippen LogP contribution in [0.2, 0.25) is 18.1 Å². The molecule has 4 rings (SSSR count). The molecule has 3 aromatic rings. The Morgan fingerprint density at radius 2 is 1.85 bits per heavy atom. The first-order chi connectivity index (χ1) is 21.5. The molecule has 5 atom stereocenters. The van der Waals surface area contributed by atoms with Crippen LogP contribution in [0.15, 0.2) is 40.4 Å². The molecule has 2 unspecified atom stereocenters. The Morgan fingerprint density at radius 3 is 2.41 bits per heavy atom. The summed E-state index contributed by atoms with van der Waals surface area (Å²) in [6.07, 6.45) is -0.338.